The fourth-order valence-corrected chi connectivity index (χ4v) is 2.16. The van der Waals surface area contributed by atoms with E-state index in [9.17, 15) is 18.4 Å². The standard InChI is InChI=1S/C15H9F2NO3/c16-11-6-3-4-9(13(11)17)8-18-12-7-2-1-5-10(12)14(19)21-15(18)20/h1-7H,8H2. The van der Waals surface area contributed by atoms with Crippen molar-refractivity contribution in [3.63, 3.8) is 0 Å². The van der Waals surface area contributed by atoms with Gasteiger partial charge in [0.05, 0.1) is 17.4 Å². The molecular formula is C15H9F2NO3. The third kappa shape index (κ3) is 2.24. The number of fused-ring (bicyclic) bond motifs is 1. The maximum atomic E-state index is 13.7. The first kappa shape index (κ1) is 13.2. The molecule has 0 aliphatic heterocycles. The quantitative estimate of drug-likeness (QED) is 0.727. The van der Waals surface area contributed by atoms with Crippen molar-refractivity contribution in [2.24, 2.45) is 0 Å². The van der Waals surface area contributed by atoms with Crippen LogP contribution in [0.5, 0.6) is 0 Å². The topological polar surface area (TPSA) is 52.2 Å². The summed E-state index contributed by atoms with van der Waals surface area (Å²) >= 11 is 0. The van der Waals surface area contributed by atoms with Crippen LogP contribution in [0.15, 0.2) is 56.5 Å². The normalized spacial score (nSPS) is 11.0. The van der Waals surface area contributed by atoms with Crippen molar-refractivity contribution >= 4 is 10.9 Å². The van der Waals surface area contributed by atoms with E-state index in [1.54, 1.807) is 18.2 Å². The second-order valence-electron chi connectivity index (χ2n) is 4.47. The van der Waals surface area contributed by atoms with Crippen LogP contribution in [-0.4, -0.2) is 4.57 Å². The van der Waals surface area contributed by atoms with Gasteiger partial charge in [0, 0.05) is 5.56 Å². The molecule has 0 radical (unpaired) electrons. The largest absolute Gasteiger partial charge is 0.422 e. The van der Waals surface area contributed by atoms with E-state index in [0.29, 0.717) is 5.52 Å². The summed E-state index contributed by atoms with van der Waals surface area (Å²) in [7, 11) is 0. The first-order chi connectivity index (χ1) is 10.1. The smallest absolute Gasteiger partial charge is 0.372 e. The number of para-hydroxylation sites is 1. The van der Waals surface area contributed by atoms with Gasteiger partial charge in [0.15, 0.2) is 11.6 Å². The van der Waals surface area contributed by atoms with Gasteiger partial charge in [-0.05, 0) is 18.2 Å². The molecule has 4 nitrogen and oxygen atoms in total. The zero-order chi connectivity index (χ0) is 15.0. The van der Waals surface area contributed by atoms with Crippen molar-refractivity contribution in [1.82, 2.24) is 4.57 Å². The Labute approximate surface area is 116 Å². The van der Waals surface area contributed by atoms with Crippen molar-refractivity contribution in [1.29, 1.82) is 0 Å². The molecule has 0 amide bonds. The highest BCUT2D eigenvalue weighted by molar-refractivity contribution is 5.77. The predicted octanol–water partition coefficient (Wildman–Crippen LogP) is 2.28. The molecule has 106 valence electrons. The Balaban J connectivity index is 2.24. The Morgan fingerprint density at radius 3 is 2.57 bits per heavy atom. The molecule has 1 aromatic heterocycles. The number of aromatic nitrogens is 1. The van der Waals surface area contributed by atoms with Gasteiger partial charge in [-0.2, -0.15) is 0 Å². The molecule has 0 N–H and O–H groups in total. The molecule has 0 spiro atoms. The van der Waals surface area contributed by atoms with Crippen LogP contribution in [-0.2, 0) is 6.54 Å². The maximum absolute atomic E-state index is 13.7. The number of hydrogen-bond acceptors (Lipinski definition) is 3. The van der Waals surface area contributed by atoms with Crippen molar-refractivity contribution < 1.29 is 13.2 Å². The highest BCUT2D eigenvalue weighted by Crippen LogP contribution is 2.14. The number of benzene rings is 2. The van der Waals surface area contributed by atoms with Crippen molar-refractivity contribution in [2.45, 2.75) is 6.54 Å². The lowest BCUT2D eigenvalue weighted by Gasteiger charge is -2.09. The molecule has 0 fully saturated rings. The molecule has 0 atom stereocenters. The monoisotopic (exact) mass is 289 g/mol. The highest BCUT2D eigenvalue weighted by Gasteiger charge is 2.13. The second-order valence-corrected chi connectivity index (χ2v) is 4.47. The molecule has 1 heterocycles. The van der Waals surface area contributed by atoms with Gasteiger partial charge < -0.3 is 4.42 Å². The summed E-state index contributed by atoms with van der Waals surface area (Å²) in [5.74, 6) is -2.94. The van der Waals surface area contributed by atoms with E-state index in [4.69, 9.17) is 0 Å². The summed E-state index contributed by atoms with van der Waals surface area (Å²) in [5, 5.41) is 0.203. The molecule has 6 heteroatoms. The lowest BCUT2D eigenvalue weighted by Crippen LogP contribution is -2.25. The van der Waals surface area contributed by atoms with Gasteiger partial charge in [0.25, 0.3) is 0 Å². The molecule has 3 aromatic rings. The average molecular weight is 289 g/mol. The van der Waals surface area contributed by atoms with Crippen LogP contribution < -0.4 is 11.4 Å². The fourth-order valence-electron chi connectivity index (χ4n) is 2.16. The zero-order valence-electron chi connectivity index (χ0n) is 10.7. The summed E-state index contributed by atoms with van der Waals surface area (Å²) < 4.78 is 32.6. The first-order valence-corrected chi connectivity index (χ1v) is 6.13. The van der Waals surface area contributed by atoms with Crippen molar-refractivity contribution in [3.05, 3.63) is 80.6 Å². The van der Waals surface area contributed by atoms with E-state index in [2.05, 4.69) is 4.42 Å². The van der Waals surface area contributed by atoms with Gasteiger partial charge >= 0.3 is 11.4 Å². The van der Waals surface area contributed by atoms with E-state index in [1.165, 1.54) is 18.2 Å². The van der Waals surface area contributed by atoms with Crippen molar-refractivity contribution in [3.8, 4) is 0 Å². The Kier molecular flexibility index (Phi) is 3.13. The zero-order valence-corrected chi connectivity index (χ0v) is 10.7. The Bertz CT molecular complexity index is 944. The minimum Gasteiger partial charge on any atom is -0.372 e. The molecule has 0 aliphatic rings. The van der Waals surface area contributed by atoms with Crippen LogP contribution in [0, 0.1) is 11.6 Å². The lowest BCUT2D eigenvalue weighted by molar-refractivity contribution is 0.420. The van der Waals surface area contributed by atoms with Gasteiger partial charge in [0.1, 0.15) is 0 Å². The Morgan fingerprint density at radius 1 is 1.00 bits per heavy atom. The summed E-state index contributed by atoms with van der Waals surface area (Å²) in [6.45, 7) is -0.229. The summed E-state index contributed by atoms with van der Waals surface area (Å²) in [6, 6.07) is 10.0. The fraction of sp³-hybridized carbons (Fsp3) is 0.0667. The van der Waals surface area contributed by atoms with Crippen molar-refractivity contribution in [2.75, 3.05) is 0 Å². The summed E-state index contributed by atoms with van der Waals surface area (Å²) in [4.78, 5) is 23.4. The van der Waals surface area contributed by atoms with Crippen LogP contribution in [0.25, 0.3) is 10.9 Å². The van der Waals surface area contributed by atoms with Crippen LogP contribution in [0.2, 0.25) is 0 Å². The highest BCUT2D eigenvalue weighted by atomic mass is 19.2. The molecular weight excluding hydrogens is 280 g/mol. The molecule has 21 heavy (non-hydrogen) atoms. The molecule has 2 aromatic carbocycles. The second kappa shape index (κ2) is 4.97. The van der Waals surface area contributed by atoms with Gasteiger partial charge in [0.2, 0.25) is 0 Å². The predicted molar refractivity (Wildman–Crippen MR) is 72.2 cm³/mol. The van der Waals surface area contributed by atoms with Gasteiger partial charge in [-0.1, -0.05) is 24.3 Å². The summed E-state index contributed by atoms with van der Waals surface area (Å²) in [6.07, 6.45) is 0. The van der Waals surface area contributed by atoms with Gasteiger partial charge in [-0.25, -0.2) is 18.4 Å². The Hall–Kier alpha value is -2.76. The van der Waals surface area contributed by atoms with Gasteiger partial charge in [-0.15, -0.1) is 0 Å². The molecule has 0 aliphatic carbocycles. The van der Waals surface area contributed by atoms with E-state index < -0.39 is 23.0 Å². The third-order valence-electron chi connectivity index (χ3n) is 3.18. The first-order valence-electron chi connectivity index (χ1n) is 6.13. The molecule has 3 rings (SSSR count). The van der Waals surface area contributed by atoms with Crippen LogP contribution in [0.1, 0.15) is 5.56 Å². The lowest BCUT2D eigenvalue weighted by atomic mass is 10.2. The molecule has 0 bridgehead atoms. The SMILES string of the molecule is O=c1oc(=O)n(Cc2cccc(F)c2F)c2ccccc12. The summed E-state index contributed by atoms with van der Waals surface area (Å²) in [5.41, 5.74) is -0.454. The minimum absolute atomic E-state index is 0.00361. The number of hydrogen-bond donors (Lipinski definition) is 0. The van der Waals surface area contributed by atoms with Crippen LogP contribution in [0.4, 0.5) is 8.78 Å². The average Bonchev–Trinajstić information content (AvgIpc) is 2.47. The molecule has 0 unspecified atom stereocenters. The maximum Gasteiger partial charge on any atom is 0.422 e. The van der Waals surface area contributed by atoms with E-state index in [-0.39, 0.29) is 17.5 Å². The third-order valence-corrected chi connectivity index (χ3v) is 3.18. The van der Waals surface area contributed by atoms with Crippen LogP contribution in [0.3, 0.4) is 0 Å². The molecule has 0 saturated carbocycles. The van der Waals surface area contributed by atoms with Gasteiger partial charge in [-0.3, -0.25) is 4.57 Å². The van der Waals surface area contributed by atoms with E-state index in [1.807, 2.05) is 0 Å². The van der Waals surface area contributed by atoms with E-state index >= 15 is 0 Å². The Morgan fingerprint density at radius 2 is 1.76 bits per heavy atom. The molecule has 0 saturated heterocycles. The minimum atomic E-state index is -1.03. The number of rotatable bonds is 2. The van der Waals surface area contributed by atoms with Crippen LogP contribution >= 0.6 is 0 Å². The number of nitrogens with zero attached hydrogens (tertiary/aromatic N) is 1. The van der Waals surface area contributed by atoms with E-state index in [0.717, 1.165) is 10.6 Å². The number of halogens is 2.